The summed E-state index contributed by atoms with van der Waals surface area (Å²) >= 11 is 0. The van der Waals surface area contributed by atoms with Crippen LogP contribution in [-0.2, 0) is 11.2 Å². The van der Waals surface area contributed by atoms with Crippen LogP contribution in [-0.4, -0.2) is 41.4 Å². The van der Waals surface area contributed by atoms with Crippen LogP contribution in [0.15, 0.2) is 29.3 Å². The molecule has 90 valence electrons. The zero-order valence-electron chi connectivity index (χ0n) is 10.1. The molecule has 1 aromatic carbocycles. The molecule has 17 heavy (non-hydrogen) atoms. The van der Waals surface area contributed by atoms with E-state index in [1.807, 2.05) is 31.3 Å². The molecule has 1 unspecified atom stereocenters. The lowest BCUT2D eigenvalue weighted by atomic mass is 10.1. The minimum absolute atomic E-state index is 0.0685. The summed E-state index contributed by atoms with van der Waals surface area (Å²) in [6, 6.07) is 8.01. The summed E-state index contributed by atoms with van der Waals surface area (Å²) in [5.74, 6) is 0.182. The van der Waals surface area contributed by atoms with Gasteiger partial charge in [0.25, 0.3) is 0 Å². The van der Waals surface area contributed by atoms with Crippen LogP contribution < -0.4 is 0 Å². The third-order valence-corrected chi connectivity index (χ3v) is 3.07. The Bertz CT molecular complexity index is 451. The molecule has 2 rings (SSSR count). The monoisotopic (exact) mass is 232 g/mol. The number of hydrogen-bond donors (Lipinski definition) is 1. The standard InChI is InChI=1S/C13H16N2O2/c1-9-8-14-13(15(9)2)11-5-3-10(4-6-11)7-12(16)17/h3-6,9H,7-8H2,1-2H3,(H,16,17). The van der Waals surface area contributed by atoms with Gasteiger partial charge in [-0.1, -0.05) is 24.3 Å². The number of benzene rings is 1. The maximum absolute atomic E-state index is 10.6. The van der Waals surface area contributed by atoms with Gasteiger partial charge in [-0.3, -0.25) is 9.79 Å². The first-order valence-corrected chi connectivity index (χ1v) is 5.66. The van der Waals surface area contributed by atoms with Crippen molar-refractivity contribution in [2.75, 3.05) is 13.6 Å². The molecule has 1 heterocycles. The lowest BCUT2D eigenvalue weighted by Crippen LogP contribution is -2.30. The van der Waals surface area contributed by atoms with Crippen molar-refractivity contribution in [1.82, 2.24) is 4.90 Å². The molecule has 0 saturated carbocycles. The molecule has 0 aromatic heterocycles. The van der Waals surface area contributed by atoms with Gasteiger partial charge in [0, 0.05) is 18.7 Å². The van der Waals surface area contributed by atoms with E-state index < -0.39 is 5.97 Å². The number of rotatable bonds is 3. The first-order chi connectivity index (χ1) is 8.08. The number of aliphatic carboxylic acids is 1. The number of aliphatic imine (C=N–C) groups is 1. The summed E-state index contributed by atoms with van der Waals surface area (Å²) in [7, 11) is 2.03. The minimum Gasteiger partial charge on any atom is -0.481 e. The summed E-state index contributed by atoms with van der Waals surface area (Å²) in [4.78, 5) is 17.2. The second-order valence-corrected chi connectivity index (χ2v) is 4.39. The largest absolute Gasteiger partial charge is 0.481 e. The lowest BCUT2D eigenvalue weighted by molar-refractivity contribution is -0.136. The van der Waals surface area contributed by atoms with Crippen molar-refractivity contribution in [3.05, 3.63) is 35.4 Å². The molecule has 0 bridgehead atoms. The van der Waals surface area contributed by atoms with Crippen LogP contribution in [0, 0.1) is 0 Å². The van der Waals surface area contributed by atoms with E-state index >= 15 is 0 Å². The van der Waals surface area contributed by atoms with Crippen molar-refractivity contribution in [1.29, 1.82) is 0 Å². The Labute approximate surface area is 101 Å². The Morgan fingerprint density at radius 1 is 1.47 bits per heavy atom. The number of nitrogens with zero attached hydrogens (tertiary/aromatic N) is 2. The SMILES string of the molecule is CC1CN=C(c2ccc(CC(=O)O)cc2)N1C. The Morgan fingerprint density at radius 3 is 2.59 bits per heavy atom. The molecular weight excluding hydrogens is 216 g/mol. The van der Waals surface area contributed by atoms with Gasteiger partial charge in [0.1, 0.15) is 5.84 Å². The van der Waals surface area contributed by atoms with Crippen molar-refractivity contribution in [3.8, 4) is 0 Å². The average Bonchev–Trinajstić information content (AvgIpc) is 2.60. The third-order valence-electron chi connectivity index (χ3n) is 3.07. The fraction of sp³-hybridized carbons (Fsp3) is 0.385. The maximum Gasteiger partial charge on any atom is 0.307 e. The maximum atomic E-state index is 10.6. The van der Waals surface area contributed by atoms with Crippen LogP contribution in [0.5, 0.6) is 0 Å². The van der Waals surface area contributed by atoms with Crippen LogP contribution in [0.2, 0.25) is 0 Å². The predicted octanol–water partition coefficient (Wildman–Crippen LogP) is 1.39. The molecule has 4 nitrogen and oxygen atoms in total. The van der Waals surface area contributed by atoms with Gasteiger partial charge in [0.05, 0.1) is 13.0 Å². The summed E-state index contributed by atoms with van der Waals surface area (Å²) in [6.45, 7) is 2.96. The van der Waals surface area contributed by atoms with Crippen LogP contribution >= 0.6 is 0 Å². The van der Waals surface area contributed by atoms with E-state index in [4.69, 9.17) is 5.11 Å². The molecule has 1 N–H and O–H groups in total. The van der Waals surface area contributed by atoms with E-state index in [2.05, 4.69) is 16.8 Å². The number of carboxylic acid groups (broad SMARTS) is 1. The van der Waals surface area contributed by atoms with Gasteiger partial charge >= 0.3 is 5.97 Å². The first-order valence-electron chi connectivity index (χ1n) is 5.66. The van der Waals surface area contributed by atoms with Gasteiger partial charge in [0.15, 0.2) is 0 Å². The van der Waals surface area contributed by atoms with E-state index in [0.717, 1.165) is 23.5 Å². The zero-order chi connectivity index (χ0) is 12.4. The van der Waals surface area contributed by atoms with Gasteiger partial charge in [-0.05, 0) is 12.5 Å². The normalized spacial score (nSPS) is 19.3. The second kappa shape index (κ2) is 4.57. The van der Waals surface area contributed by atoms with Gasteiger partial charge < -0.3 is 10.0 Å². The molecule has 1 atom stereocenters. The third kappa shape index (κ3) is 2.46. The molecule has 4 heteroatoms. The molecule has 0 amide bonds. The van der Waals surface area contributed by atoms with E-state index in [9.17, 15) is 4.79 Å². The second-order valence-electron chi connectivity index (χ2n) is 4.39. The molecule has 1 aliphatic heterocycles. The fourth-order valence-corrected chi connectivity index (χ4v) is 1.90. The Kier molecular flexibility index (Phi) is 3.13. The quantitative estimate of drug-likeness (QED) is 0.857. The van der Waals surface area contributed by atoms with Crippen LogP contribution in [0.1, 0.15) is 18.1 Å². The van der Waals surface area contributed by atoms with Crippen LogP contribution in [0.25, 0.3) is 0 Å². The van der Waals surface area contributed by atoms with Gasteiger partial charge in [0.2, 0.25) is 0 Å². The van der Waals surface area contributed by atoms with Crippen LogP contribution in [0.4, 0.5) is 0 Å². The highest BCUT2D eigenvalue weighted by Gasteiger charge is 2.21. The molecule has 0 radical (unpaired) electrons. The highest BCUT2D eigenvalue weighted by atomic mass is 16.4. The number of amidine groups is 1. The highest BCUT2D eigenvalue weighted by Crippen LogP contribution is 2.15. The van der Waals surface area contributed by atoms with Crippen molar-refractivity contribution in [3.63, 3.8) is 0 Å². The molecule has 0 aliphatic carbocycles. The van der Waals surface area contributed by atoms with Crippen molar-refractivity contribution < 1.29 is 9.90 Å². The number of carboxylic acids is 1. The molecule has 1 aliphatic rings. The summed E-state index contributed by atoms with van der Waals surface area (Å²) in [5.41, 5.74) is 1.86. The molecular formula is C13H16N2O2. The number of carbonyl (C=O) groups is 1. The van der Waals surface area contributed by atoms with E-state index in [0.29, 0.717) is 6.04 Å². The predicted molar refractivity (Wildman–Crippen MR) is 66.4 cm³/mol. The Morgan fingerprint density at radius 2 is 2.12 bits per heavy atom. The van der Waals surface area contributed by atoms with E-state index in [1.54, 1.807) is 0 Å². The summed E-state index contributed by atoms with van der Waals surface area (Å²) in [6.07, 6.45) is 0.0685. The first kappa shape index (κ1) is 11.6. The Hall–Kier alpha value is -1.84. The highest BCUT2D eigenvalue weighted by molar-refractivity contribution is 5.99. The molecule has 0 fully saturated rings. The lowest BCUT2D eigenvalue weighted by Gasteiger charge is -2.19. The number of likely N-dealkylation sites (N-methyl/N-ethyl adjacent to an activating group) is 1. The van der Waals surface area contributed by atoms with Crippen molar-refractivity contribution in [2.24, 2.45) is 4.99 Å². The van der Waals surface area contributed by atoms with E-state index in [-0.39, 0.29) is 6.42 Å². The Balaban J connectivity index is 2.16. The summed E-state index contributed by atoms with van der Waals surface area (Å²) < 4.78 is 0. The topological polar surface area (TPSA) is 52.9 Å². The minimum atomic E-state index is -0.804. The van der Waals surface area contributed by atoms with Crippen LogP contribution in [0.3, 0.4) is 0 Å². The van der Waals surface area contributed by atoms with Crippen molar-refractivity contribution in [2.45, 2.75) is 19.4 Å². The van der Waals surface area contributed by atoms with Gasteiger partial charge in [-0.15, -0.1) is 0 Å². The zero-order valence-corrected chi connectivity index (χ0v) is 10.1. The molecule has 0 saturated heterocycles. The number of hydrogen-bond acceptors (Lipinski definition) is 3. The smallest absolute Gasteiger partial charge is 0.307 e. The average molecular weight is 232 g/mol. The van der Waals surface area contributed by atoms with Crippen molar-refractivity contribution >= 4 is 11.8 Å². The summed E-state index contributed by atoms with van der Waals surface area (Å²) in [5, 5.41) is 8.69. The van der Waals surface area contributed by atoms with E-state index in [1.165, 1.54) is 0 Å². The molecule has 1 aromatic rings. The van der Waals surface area contributed by atoms with Gasteiger partial charge in [-0.2, -0.15) is 0 Å². The van der Waals surface area contributed by atoms with Gasteiger partial charge in [-0.25, -0.2) is 0 Å². The fourth-order valence-electron chi connectivity index (χ4n) is 1.90. The molecule has 0 spiro atoms.